The van der Waals surface area contributed by atoms with Gasteiger partial charge in [0.15, 0.2) is 0 Å². The van der Waals surface area contributed by atoms with E-state index in [1.807, 2.05) is 0 Å². The Kier molecular flexibility index (Phi) is 6.72. The molecule has 4 nitrogen and oxygen atoms in total. The number of anilines is 1. The summed E-state index contributed by atoms with van der Waals surface area (Å²) in [7, 11) is 0. The molecule has 0 aromatic heterocycles. The third-order valence-electron chi connectivity index (χ3n) is 4.13. The number of nitrogens with one attached hydrogen (secondary N) is 1. The second kappa shape index (κ2) is 8.55. The van der Waals surface area contributed by atoms with Crippen LogP contribution in [0.15, 0.2) is 18.2 Å². The Bertz CT molecular complexity index is 549. The molecular formula is C17H22Cl2N2O2. The monoisotopic (exact) mass is 356 g/mol. The minimum atomic E-state index is -0.234. The van der Waals surface area contributed by atoms with E-state index in [9.17, 15) is 9.59 Å². The first-order chi connectivity index (χ1) is 11.0. The summed E-state index contributed by atoms with van der Waals surface area (Å²) in [6.45, 7) is 1.58. The number of carbonyl (C=O) groups excluding carboxylic acids is 2. The molecule has 1 aliphatic carbocycles. The molecule has 0 aliphatic heterocycles. The normalized spacial score (nSPS) is 15.8. The van der Waals surface area contributed by atoms with Crippen LogP contribution < -0.4 is 5.32 Å². The molecule has 2 amide bonds. The van der Waals surface area contributed by atoms with E-state index in [4.69, 9.17) is 23.2 Å². The summed E-state index contributed by atoms with van der Waals surface area (Å²) >= 11 is 11.9. The highest BCUT2D eigenvalue weighted by atomic mass is 35.5. The van der Waals surface area contributed by atoms with Gasteiger partial charge in [0.2, 0.25) is 11.8 Å². The Hall–Kier alpha value is -1.26. The van der Waals surface area contributed by atoms with Crippen LogP contribution in [-0.4, -0.2) is 29.3 Å². The summed E-state index contributed by atoms with van der Waals surface area (Å²) in [5.74, 6) is -0.293. The third kappa shape index (κ3) is 5.70. The number of rotatable bonds is 4. The summed E-state index contributed by atoms with van der Waals surface area (Å²) in [5.41, 5.74) is 0.539. The van der Waals surface area contributed by atoms with Crippen molar-refractivity contribution in [3.63, 3.8) is 0 Å². The molecule has 0 unspecified atom stereocenters. The number of hydrogen-bond donors (Lipinski definition) is 1. The lowest BCUT2D eigenvalue weighted by atomic mass is 10.1. The smallest absolute Gasteiger partial charge is 0.244 e. The van der Waals surface area contributed by atoms with E-state index >= 15 is 0 Å². The first-order valence-electron chi connectivity index (χ1n) is 7.99. The van der Waals surface area contributed by atoms with Crippen LogP contribution in [0.2, 0.25) is 10.0 Å². The molecule has 1 fully saturated rings. The van der Waals surface area contributed by atoms with E-state index in [1.165, 1.54) is 19.8 Å². The van der Waals surface area contributed by atoms with E-state index in [1.54, 1.807) is 23.1 Å². The van der Waals surface area contributed by atoms with Gasteiger partial charge in [-0.2, -0.15) is 0 Å². The molecule has 0 atom stereocenters. The van der Waals surface area contributed by atoms with E-state index in [0.29, 0.717) is 15.7 Å². The topological polar surface area (TPSA) is 49.4 Å². The average molecular weight is 357 g/mol. The van der Waals surface area contributed by atoms with Crippen LogP contribution in [0.5, 0.6) is 0 Å². The number of nitrogens with zero attached hydrogens (tertiary/aromatic N) is 1. The number of benzene rings is 1. The number of carbonyl (C=O) groups is 2. The molecule has 126 valence electrons. The highest BCUT2D eigenvalue weighted by Gasteiger charge is 2.24. The molecule has 1 aromatic carbocycles. The van der Waals surface area contributed by atoms with Crippen molar-refractivity contribution >= 4 is 40.7 Å². The lowest BCUT2D eigenvalue weighted by Crippen LogP contribution is -2.43. The minimum Gasteiger partial charge on any atom is -0.331 e. The van der Waals surface area contributed by atoms with Crippen LogP contribution in [-0.2, 0) is 9.59 Å². The zero-order chi connectivity index (χ0) is 16.8. The number of amides is 2. The van der Waals surface area contributed by atoms with Gasteiger partial charge in [-0.15, -0.1) is 0 Å². The highest BCUT2D eigenvalue weighted by molar-refractivity contribution is 6.35. The SMILES string of the molecule is CC(=O)N(CC(=O)Nc1cc(Cl)cc(Cl)c1)C1CCCCCC1. The van der Waals surface area contributed by atoms with Gasteiger partial charge in [-0.3, -0.25) is 9.59 Å². The van der Waals surface area contributed by atoms with Gasteiger partial charge in [0.25, 0.3) is 0 Å². The predicted octanol–water partition coefficient (Wildman–Crippen LogP) is 4.50. The molecule has 0 radical (unpaired) electrons. The highest BCUT2D eigenvalue weighted by Crippen LogP contribution is 2.24. The number of halogens is 2. The van der Waals surface area contributed by atoms with Gasteiger partial charge in [-0.25, -0.2) is 0 Å². The molecule has 1 aromatic rings. The molecule has 1 N–H and O–H groups in total. The zero-order valence-corrected chi connectivity index (χ0v) is 14.8. The van der Waals surface area contributed by atoms with Crippen molar-refractivity contribution in [3.05, 3.63) is 28.2 Å². The van der Waals surface area contributed by atoms with Crippen molar-refractivity contribution in [1.29, 1.82) is 0 Å². The van der Waals surface area contributed by atoms with E-state index in [-0.39, 0.29) is 24.4 Å². The van der Waals surface area contributed by atoms with Crippen molar-refractivity contribution < 1.29 is 9.59 Å². The Morgan fingerprint density at radius 1 is 1.09 bits per heavy atom. The molecule has 1 aliphatic rings. The molecule has 2 rings (SSSR count). The quantitative estimate of drug-likeness (QED) is 0.807. The fraction of sp³-hybridized carbons (Fsp3) is 0.529. The summed E-state index contributed by atoms with van der Waals surface area (Å²) < 4.78 is 0. The van der Waals surface area contributed by atoms with Crippen LogP contribution in [0.25, 0.3) is 0 Å². The van der Waals surface area contributed by atoms with Crippen LogP contribution in [0.3, 0.4) is 0 Å². The van der Waals surface area contributed by atoms with Crippen LogP contribution in [0, 0.1) is 0 Å². The lowest BCUT2D eigenvalue weighted by molar-refractivity contribution is -0.135. The molecular weight excluding hydrogens is 335 g/mol. The lowest BCUT2D eigenvalue weighted by Gasteiger charge is -2.29. The maximum absolute atomic E-state index is 12.3. The first kappa shape index (κ1) is 18.1. The van der Waals surface area contributed by atoms with Crippen LogP contribution in [0.4, 0.5) is 5.69 Å². The van der Waals surface area contributed by atoms with Crippen molar-refractivity contribution in [3.8, 4) is 0 Å². The Labute approximate surface area is 147 Å². The summed E-state index contributed by atoms with van der Waals surface area (Å²) in [6, 6.07) is 5.03. The third-order valence-corrected chi connectivity index (χ3v) is 4.57. The molecule has 23 heavy (non-hydrogen) atoms. The van der Waals surface area contributed by atoms with Crippen molar-refractivity contribution in [1.82, 2.24) is 4.90 Å². The largest absolute Gasteiger partial charge is 0.331 e. The molecule has 0 bridgehead atoms. The maximum Gasteiger partial charge on any atom is 0.244 e. The van der Waals surface area contributed by atoms with Crippen molar-refractivity contribution in [2.24, 2.45) is 0 Å². The molecule has 0 spiro atoms. The van der Waals surface area contributed by atoms with Crippen LogP contribution >= 0.6 is 23.2 Å². The fourth-order valence-electron chi connectivity index (χ4n) is 3.05. The zero-order valence-electron chi connectivity index (χ0n) is 13.3. The van der Waals surface area contributed by atoms with Gasteiger partial charge >= 0.3 is 0 Å². The van der Waals surface area contributed by atoms with Gasteiger partial charge in [0, 0.05) is 28.7 Å². The summed E-state index contributed by atoms with van der Waals surface area (Å²) in [4.78, 5) is 25.9. The Morgan fingerprint density at radius 2 is 1.65 bits per heavy atom. The average Bonchev–Trinajstić information content (AvgIpc) is 2.72. The van der Waals surface area contributed by atoms with Gasteiger partial charge < -0.3 is 10.2 Å². The van der Waals surface area contributed by atoms with E-state index < -0.39 is 0 Å². The van der Waals surface area contributed by atoms with Crippen LogP contribution in [0.1, 0.15) is 45.4 Å². The predicted molar refractivity (Wildman–Crippen MR) is 94.0 cm³/mol. The summed E-state index contributed by atoms with van der Waals surface area (Å²) in [5, 5.41) is 3.68. The molecule has 0 saturated heterocycles. The molecule has 0 heterocycles. The standard InChI is InChI=1S/C17H22Cl2N2O2/c1-12(22)21(16-6-4-2-3-5-7-16)11-17(23)20-15-9-13(18)8-14(19)10-15/h8-10,16H,2-7,11H2,1H3,(H,20,23). The summed E-state index contributed by atoms with van der Waals surface area (Å²) in [6.07, 6.45) is 6.57. The van der Waals surface area contributed by atoms with Gasteiger partial charge in [0.1, 0.15) is 6.54 Å². The van der Waals surface area contributed by atoms with E-state index in [2.05, 4.69) is 5.32 Å². The molecule has 1 saturated carbocycles. The van der Waals surface area contributed by atoms with E-state index in [0.717, 1.165) is 25.7 Å². The van der Waals surface area contributed by atoms with Crippen molar-refractivity contribution in [2.45, 2.75) is 51.5 Å². The molecule has 6 heteroatoms. The van der Waals surface area contributed by atoms with Gasteiger partial charge in [0.05, 0.1) is 0 Å². The number of hydrogen-bond acceptors (Lipinski definition) is 2. The van der Waals surface area contributed by atoms with Crippen molar-refractivity contribution in [2.75, 3.05) is 11.9 Å². The fourth-order valence-corrected chi connectivity index (χ4v) is 3.57. The van der Waals surface area contributed by atoms with Gasteiger partial charge in [-0.05, 0) is 31.0 Å². The van der Waals surface area contributed by atoms with Gasteiger partial charge in [-0.1, -0.05) is 48.9 Å². The maximum atomic E-state index is 12.3. The second-order valence-electron chi connectivity index (χ2n) is 6.00. The Morgan fingerprint density at radius 3 is 2.17 bits per heavy atom. The Balaban J connectivity index is 2.01. The second-order valence-corrected chi connectivity index (χ2v) is 6.87. The minimum absolute atomic E-state index is 0.0591. The first-order valence-corrected chi connectivity index (χ1v) is 8.74.